The van der Waals surface area contributed by atoms with Crippen LogP contribution in [-0.4, -0.2) is 23.1 Å². The van der Waals surface area contributed by atoms with E-state index >= 15 is 0 Å². The number of hydrogen-bond acceptors (Lipinski definition) is 5. The molecule has 0 aliphatic carbocycles. The predicted octanol–water partition coefficient (Wildman–Crippen LogP) is 2.39. The highest BCUT2D eigenvalue weighted by molar-refractivity contribution is 5.64. The van der Waals surface area contributed by atoms with Crippen LogP contribution < -0.4 is 4.90 Å². The van der Waals surface area contributed by atoms with Crippen molar-refractivity contribution < 1.29 is 10.0 Å². The minimum Gasteiger partial charge on any atom is -0.389 e. The Morgan fingerprint density at radius 1 is 1.53 bits per heavy atom. The van der Waals surface area contributed by atoms with Gasteiger partial charge < -0.3 is 10.0 Å². The Labute approximate surface area is 112 Å². The van der Waals surface area contributed by atoms with Gasteiger partial charge in [0, 0.05) is 19.2 Å². The average molecular weight is 263 g/mol. The van der Waals surface area contributed by atoms with Crippen LogP contribution in [0.1, 0.15) is 31.9 Å². The van der Waals surface area contributed by atoms with Crippen molar-refractivity contribution in [2.45, 2.75) is 32.4 Å². The molecule has 2 atom stereocenters. The third-order valence-corrected chi connectivity index (χ3v) is 3.11. The maximum atomic E-state index is 11.1. The second-order valence-electron chi connectivity index (χ2n) is 4.50. The molecule has 1 rings (SSSR count). The topological polar surface area (TPSA) is 90.4 Å². The van der Waals surface area contributed by atoms with E-state index in [9.17, 15) is 15.2 Å². The molecule has 0 saturated carbocycles. The van der Waals surface area contributed by atoms with E-state index in [1.165, 1.54) is 6.07 Å². The molecule has 1 N–H and O–H groups in total. The molecule has 1 aromatic rings. The van der Waals surface area contributed by atoms with E-state index in [1.807, 2.05) is 13.0 Å². The van der Waals surface area contributed by atoms with Gasteiger partial charge in [-0.1, -0.05) is 6.07 Å². The molecular formula is C13H17N3O3. The largest absolute Gasteiger partial charge is 0.389 e. The number of anilines is 1. The molecule has 102 valence electrons. The minimum absolute atomic E-state index is 0.0642. The fraction of sp³-hybridized carbons (Fsp3) is 0.462. The third-order valence-electron chi connectivity index (χ3n) is 3.11. The molecule has 0 amide bonds. The first-order valence-electron chi connectivity index (χ1n) is 5.94. The van der Waals surface area contributed by atoms with Gasteiger partial charge in [-0.05, 0) is 25.5 Å². The summed E-state index contributed by atoms with van der Waals surface area (Å²) < 4.78 is 0. The molecule has 0 bridgehead atoms. The summed E-state index contributed by atoms with van der Waals surface area (Å²) in [5.74, 6) is 0. The third kappa shape index (κ3) is 3.42. The van der Waals surface area contributed by atoms with Gasteiger partial charge in [-0.3, -0.25) is 10.1 Å². The monoisotopic (exact) mass is 263 g/mol. The van der Waals surface area contributed by atoms with Crippen molar-refractivity contribution in [3.05, 3.63) is 33.9 Å². The van der Waals surface area contributed by atoms with Gasteiger partial charge in [-0.2, -0.15) is 5.26 Å². The van der Waals surface area contributed by atoms with E-state index < -0.39 is 11.0 Å². The summed E-state index contributed by atoms with van der Waals surface area (Å²) in [5.41, 5.74) is 0.875. The number of aliphatic hydroxyl groups is 1. The Balaban J connectivity index is 3.20. The lowest BCUT2D eigenvalue weighted by atomic mass is 10.1. The van der Waals surface area contributed by atoms with E-state index in [4.69, 9.17) is 5.26 Å². The lowest BCUT2D eigenvalue weighted by Crippen LogP contribution is -2.29. The molecule has 19 heavy (non-hydrogen) atoms. The highest BCUT2D eigenvalue weighted by Gasteiger charge is 2.21. The van der Waals surface area contributed by atoms with Crippen LogP contribution in [0.4, 0.5) is 11.4 Å². The first kappa shape index (κ1) is 14.9. The Morgan fingerprint density at radius 3 is 2.63 bits per heavy atom. The number of hydrogen-bond donors (Lipinski definition) is 1. The number of nitro benzene ring substituents is 1. The molecule has 0 aliphatic rings. The molecule has 6 heteroatoms. The van der Waals surface area contributed by atoms with Crippen molar-refractivity contribution in [1.29, 1.82) is 5.26 Å². The lowest BCUT2D eigenvalue weighted by Gasteiger charge is -2.25. The molecule has 0 spiro atoms. The van der Waals surface area contributed by atoms with Crippen LogP contribution >= 0.6 is 0 Å². The van der Waals surface area contributed by atoms with Gasteiger partial charge in [-0.25, -0.2) is 0 Å². The molecule has 2 unspecified atom stereocenters. The predicted molar refractivity (Wildman–Crippen MR) is 71.8 cm³/mol. The van der Waals surface area contributed by atoms with E-state index in [2.05, 4.69) is 0 Å². The van der Waals surface area contributed by atoms with E-state index in [1.54, 1.807) is 31.0 Å². The van der Waals surface area contributed by atoms with Crippen LogP contribution in [0.2, 0.25) is 0 Å². The summed E-state index contributed by atoms with van der Waals surface area (Å²) >= 11 is 0. The Morgan fingerprint density at radius 2 is 2.16 bits per heavy atom. The van der Waals surface area contributed by atoms with Crippen LogP contribution in [0, 0.1) is 21.4 Å². The fourth-order valence-corrected chi connectivity index (χ4v) is 1.75. The highest BCUT2D eigenvalue weighted by Crippen LogP contribution is 2.31. The molecular weight excluding hydrogens is 246 g/mol. The van der Waals surface area contributed by atoms with Gasteiger partial charge in [0.15, 0.2) is 0 Å². The van der Waals surface area contributed by atoms with E-state index in [0.717, 1.165) is 0 Å². The number of aliphatic hydroxyl groups excluding tert-OH is 1. The summed E-state index contributed by atoms with van der Waals surface area (Å²) in [6, 6.07) is 6.55. The maximum Gasteiger partial charge on any atom is 0.292 e. The van der Waals surface area contributed by atoms with Gasteiger partial charge >= 0.3 is 0 Å². The molecule has 0 radical (unpaired) electrons. The lowest BCUT2D eigenvalue weighted by molar-refractivity contribution is -0.384. The molecule has 1 aromatic carbocycles. The molecule has 0 heterocycles. The Hall–Kier alpha value is -2.13. The van der Waals surface area contributed by atoms with Crippen molar-refractivity contribution in [3.8, 4) is 6.07 Å². The van der Waals surface area contributed by atoms with Crippen molar-refractivity contribution in [1.82, 2.24) is 0 Å². The second-order valence-corrected chi connectivity index (χ2v) is 4.50. The van der Waals surface area contributed by atoms with Gasteiger partial charge in [0.1, 0.15) is 5.69 Å². The normalized spacial score (nSPS) is 13.4. The fourth-order valence-electron chi connectivity index (χ4n) is 1.75. The van der Waals surface area contributed by atoms with E-state index in [0.29, 0.717) is 11.3 Å². The average Bonchev–Trinajstić information content (AvgIpc) is 2.37. The zero-order valence-corrected chi connectivity index (χ0v) is 11.2. The van der Waals surface area contributed by atoms with Crippen LogP contribution in [0.5, 0.6) is 0 Å². The summed E-state index contributed by atoms with van der Waals surface area (Å²) in [5, 5.41) is 29.3. The SMILES string of the molecule is CC(O)c1ccc(N(C)C(C)CC#N)c([N+](=O)[O-])c1. The zero-order chi connectivity index (χ0) is 14.6. The summed E-state index contributed by atoms with van der Waals surface area (Å²) in [6.45, 7) is 3.39. The molecule has 6 nitrogen and oxygen atoms in total. The molecule has 0 aliphatic heterocycles. The standard InChI is InChI=1S/C13H17N3O3/c1-9(6-7-14)15(3)12-5-4-11(10(2)17)8-13(12)16(18)19/h4-5,8-10,17H,6H2,1-3H3. The van der Waals surface area contributed by atoms with Crippen LogP contribution in [-0.2, 0) is 0 Å². The van der Waals surface area contributed by atoms with Gasteiger partial charge in [0.25, 0.3) is 5.69 Å². The quantitative estimate of drug-likeness (QED) is 0.650. The van der Waals surface area contributed by atoms with Crippen LogP contribution in [0.15, 0.2) is 18.2 Å². The first-order valence-corrected chi connectivity index (χ1v) is 5.94. The van der Waals surface area contributed by atoms with Crippen LogP contribution in [0.3, 0.4) is 0 Å². The maximum absolute atomic E-state index is 11.1. The number of nitriles is 1. The van der Waals surface area contributed by atoms with Crippen molar-refractivity contribution >= 4 is 11.4 Å². The number of rotatable bonds is 5. The van der Waals surface area contributed by atoms with E-state index in [-0.39, 0.29) is 18.2 Å². The summed E-state index contributed by atoms with van der Waals surface area (Å²) in [7, 11) is 1.71. The number of benzene rings is 1. The molecule has 0 fully saturated rings. The second kappa shape index (κ2) is 6.16. The van der Waals surface area contributed by atoms with Gasteiger partial charge in [0.05, 0.1) is 23.5 Å². The Bertz CT molecular complexity index is 508. The smallest absolute Gasteiger partial charge is 0.292 e. The minimum atomic E-state index is -0.755. The summed E-state index contributed by atoms with van der Waals surface area (Å²) in [6.07, 6.45) is -0.471. The molecule has 0 aromatic heterocycles. The highest BCUT2D eigenvalue weighted by atomic mass is 16.6. The zero-order valence-electron chi connectivity index (χ0n) is 11.2. The number of nitrogens with zero attached hydrogens (tertiary/aromatic N) is 3. The Kier molecular flexibility index (Phi) is 4.84. The first-order chi connectivity index (χ1) is 8.88. The van der Waals surface area contributed by atoms with Crippen LogP contribution in [0.25, 0.3) is 0 Å². The molecule has 0 saturated heterocycles. The number of nitro groups is 1. The van der Waals surface area contributed by atoms with Crippen molar-refractivity contribution in [2.24, 2.45) is 0 Å². The van der Waals surface area contributed by atoms with Crippen molar-refractivity contribution in [2.75, 3.05) is 11.9 Å². The summed E-state index contributed by atoms with van der Waals surface area (Å²) in [4.78, 5) is 12.3. The van der Waals surface area contributed by atoms with Gasteiger partial charge in [0.2, 0.25) is 0 Å². The van der Waals surface area contributed by atoms with Gasteiger partial charge in [-0.15, -0.1) is 0 Å². The van der Waals surface area contributed by atoms with Crippen molar-refractivity contribution in [3.63, 3.8) is 0 Å².